The second-order valence-electron chi connectivity index (χ2n) is 3.64. The van der Waals surface area contributed by atoms with Crippen molar-refractivity contribution in [2.75, 3.05) is 50.7 Å². The van der Waals surface area contributed by atoms with Crippen molar-refractivity contribution >= 4 is 11.8 Å². The van der Waals surface area contributed by atoms with Crippen LogP contribution in [0.4, 0.5) is 11.8 Å². The van der Waals surface area contributed by atoms with Crippen molar-refractivity contribution in [2.45, 2.75) is 6.92 Å². The third kappa shape index (κ3) is 4.16. The molecule has 0 radical (unpaired) electrons. The second kappa shape index (κ2) is 7.03. The van der Waals surface area contributed by atoms with Crippen LogP contribution in [0, 0.1) is 6.92 Å². The summed E-state index contributed by atoms with van der Waals surface area (Å²) in [6, 6.07) is 1.90. The Morgan fingerprint density at radius 1 is 1.41 bits per heavy atom. The molecule has 1 aromatic rings. The van der Waals surface area contributed by atoms with Gasteiger partial charge in [-0.1, -0.05) is 0 Å². The molecule has 0 aliphatic carbocycles. The second-order valence-corrected chi connectivity index (χ2v) is 3.64. The molecule has 96 valence electrons. The molecule has 0 spiro atoms. The van der Waals surface area contributed by atoms with Crippen molar-refractivity contribution in [3.05, 3.63) is 11.8 Å². The fraction of sp³-hybridized carbons (Fsp3) is 0.636. The van der Waals surface area contributed by atoms with Gasteiger partial charge in [-0.05, 0) is 6.92 Å². The molecule has 17 heavy (non-hydrogen) atoms. The maximum absolute atomic E-state index is 9.05. The first-order chi connectivity index (χ1) is 8.21. The van der Waals surface area contributed by atoms with E-state index in [4.69, 9.17) is 9.84 Å². The molecule has 0 saturated carbocycles. The number of aliphatic hydroxyl groups excluding tert-OH is 1. The van der Waals surface area contributed by atoms with E-state index in [9.17, 15) is 0 Å². The van der Waals surface area contributed by atoms with Gasteiger partial charge in [0, 0.05) is 39.0 Å². The lowest BCUT2D eigenvalue weighted by molar-refractivity contribution is 0.202. The molecule has 0 fully saturated rings. The summed E-state index contributed by atoms with van der Waals surface area (Å²) in [5, 5.41) is 12.0. The van der Waals surface area contributed by atoms with Gasteiger partial charge >= 0.3 is 0 Å². The quantitative estimate of drug-likeness (QED) is 0.713. The van der Waals surface area contributed by atoms with E-state index < -0.39 is 0 Å². The number of aliphatic hydroxyl groups is 1. The summed E-state index contributed by atoms with van der Waals surface area (Å²) in [6.07, 6.45) is 0. The maximum Gasteiger partial charge on any atom is 0.224 e. The highest BCUT2D eigenvalue weighted by atomic mass is 16.5. The number of nitrogens with one attached hydrogen (secondary N) is 1. The van der Waals surface area contributed by atoms with Crippen molar-refractivity contribution < 1.29 is 9.84 Å². The van der Waals surface area contributed by atoms with Crippen LogP contribution >= 0.6 is 0 Å². The van der Waals surface area contributed by atoms with Gasteiger partial charge in [-0.25, -0.2) is 4.98 Å². The van der Waals surface area contributed by atoms with Gasteiger partial charge in [0.2, 0.25) is 5.95 Å². The first-order valence-electron chi connectivity index (χ1n) is 5.59. The Hall–Kier alpha value is -1.40. The molecule has 1 heterocycles. The Morgan fingerprint density at radius 3 is 2.76 bits per heavy atom. The van der Waals surface area contributed by atoms with Gasteiger partial charge in [0.25, 0.3) is 0 Å². The molecule has 6 heteroatoms. The van der Waals surface area contributed by atoms with Crippen LogP contribution in [0.3, 0.4) is 0 Å². The van der Waals surface area contributed by atoms with Crippen molar-refractivity contribution in [2.24, 2.45) is 0 Å². The Balaban J connectivity index is 2.87. The monoisotopic (exact) mass is 240 g/mol. The van der Waals surface area contributed by atoms with Crippen LogP contribution in [0.2, 0.25) is 0 Å². The van der Waals surface area contributed by atoms with Gasteiger partial charge < -0.3 is 20.1 Å². The first kappa shape index (κ1) is 13.7. The van der Waals surface area contributed by atoms with E-state index in [0.717, 1.165) is 11.5 Å². The molecule has 0 unspecified atom stereocenters. The summed E-state index contributed by atoms with van der Waals surface area (Å²) in [4.78, 5) is 10.6. The molecule has 0 aliphatic heterocycles. The number of ether oxygens (including phenoxy) is 1. The number of rotatable bonds is 7. The molecule has 2 N–H and O–H groups in total. The van der Waals surface area contributed by atoms with Gasteiger partial charge in [0.15, 0.2) is 0 Å². The van der Waals surface area contributed by atoms with Gasteiger partial charge in [0.1, 0.15) is 5.82 Å². The Labute approximate surface area is 102 Å². The van der Waals surface area contributed by atoms with Crippen molar-refractivity contribution in [3.63, 3.8) is 0 Å². The molecular weight excluding hydrogens is 220 g/mol. The summed E-state index contributed by atoms with van der Waals surface area (Å²) in [6.45, 7) is 3.82. The predicted molar refractivity (Wildman–Crippen MR) is 67.5 cm³/mol. The molecule has 0 amide bonds. The standard InChI is InChI=1S/C11H20N4O2/c1-9-8-10(14-11(12-2)13-9)15(4-6-16)5-7-17-3/h8,16H,4-7H2,1-3H3,(H,12,13,14). The van der Waals surface area contributed by atoms with Gasteiger partial charge in [-0.15, -0.1) is 0 Å². The van der Waals surface area contributed by atoms with Crippen LogP contribution in [0.25, 0.3) is 0 Å². The van der Waals surface area contributed by atoms with Crippen LogP contribution in [0.15, 0.2) is 6.07 Å². The molecule has 0 bridgehead atoms. The van der Waals surface area contributed by atoms with E-state index >= 15 is 0 Å². The van der Waals surface area contributed by atoms with E-state index in [0.29, 0.717) is 25.6 Å². The molecule has 6 nitrogen and oxygen atoms in total. The van der Waals surface area contributed by atoms with Gasteiger partial charge in [0.05, 0.1) is 13.2 Å². The van der Waals surface area contributed by atoms with E-state index in [2.05, 4.69) is 15.3 Å². The predicted octanol–water partition coefficient (Wildman–Crippen LogP) is 0.272. The number of hydrogen-bond donors (Lipinski definition) is 2. The SMILES string of the molecule is CNc1nc(C)cc(N(CCO)CCOC)n1. The molecular formula is C11H20N4O2. The third-order valence-corrected chi connectivity index (χ3v) is 2.32. The smallest absolute Gasteiger partial charge is 0.224 e. The summed E-state index contributed by atoms with van der Waals surface area (Å²) < 4.78 is 5.04. The highest BCUT2D eigenvalue weighted by Crippen LogP contribution is 2.14. The number of aryl methyl sites for hydroxylation is 1. The zero-order valence-corrected chi connectivity index (χ0v) is 10.6. The van der Waals surface area contributed by atoms with E-state index in [1.165, 1.54) is 0 Å². The lowest BCUT2D eigenvalue weighted by Gasteiger charge is -2.23. The summed E-state index contributed by atoms with van der Waals surface area (Å²) in [5.74, 6) is 1.38. The Morgan fingerprint density at radius 2 is 2.18 bits per heavy atom. The summed E-state index contributed by atoms with van der Waals surface area (Å²) in [7, 11) is 3.44. The average Bonchev–Trinajstić information content (AvgIpc) is 2.33. The van der Waals surface area contributed by atoms with Gasteiger partial charge in [-0.3, -0.25) is 0 Å². The van der Waals surface area contributed by atoms with Crippen molar-refractivity contribution in [3.8, 4) is 0 Å². The van der Waals surface area contributed by atoms with E-state index in [1.807, 2.05) is 17.9 Å². The Bertz CT molecular complexity index is 346. The topological polar surface area (TPSA) is 70.5 Å². The summed E-state index contributed by atoms with van der Waals surface area (Å²) in [5.41, 5.74) is 0.889. The number of aromatic nitrogens is 2. The first-order valence-corrected chi connectivity index (χ1v) is 5.59. The molecule has 0 atom stereocenters. The Kier molecular flexibility index (Phi) is 5.65. The fourth-order valence-corrected chi connectivity index (χ4v) is 1.49. The number of nitrogens with zero attached hydrogens (tertiary/aromatic N) is 3. The van der Waals surface area contributed by atoms with Crippen LogP contribution in [0.5, 0.6) is 0 Å². The van der Waals surface area contributed by atoms with E-state index in [-0.39, 0.29) is 6.61 Å². The van der Waals surface area contributed by atoms with Crippen LogP contribution in [-0.2, 0) is 4.74 Å². The van der Waals surface area contributed by atoms with Gasteiger partial charge in [-0.2, -0.15) is 4.98 Å². The van der Waals surface area contributed by atoms with Crippen LogP contribution in [0.1, 0.15) is 5.69 Å². The third-order valence-electron chi connectivity index (χ3n) is 2.32. The molecule has 1 aromatic heterocycles. The minimum atomic E-state index is 0.0850. The molecule has 1 rings (SSSR count). The lowest BCUT2D eigenvalue weighted by Crippen LogP contribution is -2.31. The number of hydrogen-bond acceptors (Lipinski definition) is 6. The normalized spacial score (nSPS) is 10.4. The van der Waals surface area contributed by atoms with E-state index in [1.54, 1.807) is 14.2 Å². The zero-order chi connectivity index (χ0) is 12.7. The van der Waals surface area contributed by atoms with Crippen LogP contribution < -0.4 is 10.2 Å². The summed E-state index contributed by atoms with van der Waals surface area (Å²) >= 11 is 0. The van der Waals surface area contributed by atoms with Crippen molar-refractivity contribution in [1.82, 2.24) is 9.97 Å². The largest absolute Gasteiger partial charge is 0.395 e. The maximum atomic E-state index is 9.05. The number of methoxy groups -OCH3 is 1. The highest BCUT2D eigenvalue weighted by Gasteiger charge is 2.09. The lowest BCUT2D eigenvalue weighted by atomic mass is 10.4. The molecule has 0 aromatic carbocycles. The minimum Gasteiger partial charge on any atom is -0.395 e. The fourth-order valence-electron chi connectivity index (χ4n) is 1.49. The molecule has 0 saturated heterocycles. The average molecular weight is 240 g/mol. The molecule has 0 aliphatic rings. The highest BCUT2D eigenvalue weighted by molar-refractivity contribution is 5.44. The minimum absolute atomic E-state index is 0.0850. The zero-order valence-electron chi connectivity index (χ0n) is 10.6. The van der Waals surface area contributed by atoms with Crippen molar-refractivity contribution in [1.29, 1.82) is 0 Å². The van der Waals surface area contributed by atoms with Crippen LogP contribution in [-0.4, -0.2) is 55.5 Å². The number of anilines is 2.